The van der Waals surface area contributed by atoms with Crippen LogP contribution < -0.4 is 16.4 Å². The third-order valence-corrected chi connectivity index (χ3v) is 5.19. The van der Waals surface area contributed by atoms with Crippen molar-refractivity contribution in [1.29, 1.82) is 5.26 Å². The van der Waals surface area contributed by atoms with Crippen LogP contribution in [0, 0.1) is 17.1 Å². The molecule has 4 N–H and O–H groups in total. The van der Waals surface area contributed by atoms with Crippen molar-refractivity contribution in [2.24, 2.45) is 4.99 Å². The highest BCUT2D eigenvalue weighted by Crippen LogP contribution is 2.21. The number of anilines is 1. The number of nitrogens with two attached hydrogens (primary N) is 1. The molecule has 33 heavy (non-hydrogen) atoms. The predicted octanol–water partition coefficient (Wildman–Crippen LogP) is 1.90. The zero-order valence-corrected chi connectivity index (χ0v) is 21.2. The molecule has 1 aromatic carbocycles. The SMILES string of the molecule is CCNC(=NCCCc1nn(-c2ccc(F)cc2)c(N)c1C#N)NCCN1CCOCC1.I. The fraction of sp³-hybridized carbons (Fsp3) is 0.500. The van der Waals surface area contributed by atoms with Gasteiger partial charge in [-0.3, -0.25) is 9.89 Å². The second-order valence-electron chi connectivity index (χ2n) is 7.45. The number of nitrogens with one attached hydrogen (secondary N) is 2. The van der Waals surface area contributed by atoms with Crippen LogP contribution in [0.4, 0.5) is 10.2 Å². The molecule has 2 aromatic rings. The first-order valence-electron chi connectivity index (χ1n) is 11.0. The van der Waals surface area contributed by atoms with Crippen molar-refractivity contribution in [3.63, 3.8) is 0 Å². The molecule has 1 aliphatic rings. The molecule has 0 unspecified atom stereocenters. The van der Waals surface area contributed by atoms with Crippen LogP contribution in [0.5, 0.6) is 0 Å². The molecule has 180 valence electrons. The van der Waals surface area contributed by atoms with Gasteiger partial charge in [-0.05, 0) is 44.0 Å². The second kappa shape index (κ2) is 14.0. The third-order valence-electron chi connectivity index (χ3n) is 5.19. The summed E-state index contributed by atoms with van der Waals surface area (Å²) < 4.78 is 20.1. The number of morpholine rings is 1. The minimum absolute atomic E-state index is 0. The first kappa shape index (κ1) is 26.8. The summed E-state index contributed by atoms with van der Waals surface area (Å²) in [6, 6.07) is 7.98. The average molecular weight is 570 g/mol. The number of aliphatic imine (C=N–C) groups is 1. The van der Waals surface area contributed by atoms with E-state index in [2.05, 4.69) is 31.7 Å². The van der Waals surface area contributed by atoms with E-state index >= 15 is 0 Å². The van der Waals surface area contributed by atoms with Gasteiger partial charge in [-0.25, -0.2) is 9.07 Å². The monoisotopic (exact) mass is 570 g/mol. The molecule has 0 radical (unpaired) electrons. The highest BCUT2D eigenvalue weighted by molar-refractivity contribution is 14.0. The summed E-state index contributed by atoms with van der Waals surface area (Å²) in [5.74, 6) is 0.696. The average Bonchev–Trinajstić information content (AvgIpc) is 3.13. The lowest BCUT2D eigenvalue weighted by atomic mass is 10.1. The van der Waals surface area contributed by atoms with Crippen molar-refractivity contribution in [1.82, 2.24) is 25.3 Å². The van der Waals surface area contributed by atoms with Crippen molar-refractivity contribution in [2.45, 2.75) is 19.8 Å². The molecule has 1 aliphatic heterocycles. The molecular weight excluding hydrogens is 538 g/mol. The summed E-state index contributed by atoms with van der Waals surface area (Å²) in [4.78, 5) is 6.99. The minimum atomic E-state index is -0.340. The van der Waals surface area contributed by atoms with Crippen LogP contribution >= 0.6 is 24.0 Å². The molecule has 0 saturated carbocycles. The van der Waals surface area contributed by atoms with Gasteiger partial charge in [0.15, 0.2) is 5.96 Å². The summed E-state index contributed by atoms with van der Waals surface area (Å²) in [7, 11) is 0. The number of hydrogen-bond donors (Lipinski definition) is 3. The van der Waals surface area contributed by atoms with Crippen molar-refractivity contribution in [3.8, 4) is 11.8 Å². The Labute approximate surface area is 211 Å². The van der Waals surface area contributed by atoms with Crippen LogP contribution in [0.3, 0.4) is 0 Å². The molecule has 9 nitrogen and oxygen atoms in total. The first-order valence-corrected chi connectivity index (χ1v) is 11.0. The van der Waals surface area contributed by atoms with Gasteiger partial charge in [0.05, 0.1) is 24.6 Å². The van der Waals surface area contributed by atoms with Crippen molar-refractivity contribution < 1.29 is 9.13 Å². The maximum absolute atomic E-state index is 13.2. The van der Waals surface area contributed by atoms with Gasteiger partial charge < -0.3 is 21.1 Å². The topological polar surface area (TPSA) is 117 Å². The minimum Gasteiger partial charge on any atom is -0.382 e. The fourth-order valence-corrected chi connectivity index (χ4v) is 3.49. The van der Waals surface area contributed by atoms with E-state index < -0.39 is 0 Å². The summed E-state index contributed by atoms with van der Waals surface area (Å²) in [6.45, 7) is 8.66. The van der Waals surface area contributed by atoms with E-state index in [1.54, 1.807) is 12.1 Å². The molecule has 3 rings (SSSR count). The number of nitriles is 1. The Balaban J connectivity index is 0.00000385. The molecule has 1 aromatic heterocycles. The molecule has 11 heteroatoms. The summed E-state index contributed by atoms with van der Waals surface area (Å²) >= 11 is 0. The van der Waals surface area contributed by atoms with E-state index in [1.165, 1.54) is 16.8 Å². The Morgan fingerprint density at radius 2 is 2.00 bits per heavy atom. The van der Waals surface area contributed by atoms with E-state index in [0.29, 0.717) is 36.3 Å². The molecule has 0 amide bonds. The van der Waals surface area contributed by atoms with Gasteiger partial charge in [0.25, 0.3) is 0 Å². The summed E-state index contributed by atoms with van der Waals surface area (Å²) in [6.07, 6.45) is 1.28. The lowest BCUT2D eigenvalue weighted by Gasteiger charge is -2.26. The Bertz CT molecular complexity index is 935. The third kappa shape index (κ3) is 7.83. The normalized spacial score (nSPS) is 14.4. The van der Waals surface area contributed by atoms with E-state index in [4.69, 9.17) is 10.5 Å². The highest BCUT2D eigenvalue weighted by atomic mass is 127. The van der Waals surface area contributed by atoms with E-state index in [0.717, 1.165) is 51.9 Å². The number of benzene rings is 1. The van der Waals surface area contributed by atoms with Gasteiger partial charge in [-0.1, -0.05) is 0 Å². The standard InChI is InChI=1S/C22H31FN8O.HI/c1-2-26-22(28-10-11-30-12-14-32-15-13-30)27-9-3-4-20-19(16-24)21(25)31(29-20)18-7-5-17(23)6-8-18;/h5-8H,2-4,9-15,25H2,1H3,(H2,26,27,28);1H. The number of ether oxygens (including phenoxy) is 1. The Morgan fingerprint density at radius 1 is 1.27 bits per heavy atom. The second-order valence-corrected chi connectivity index (χ2v) is 7.45. The number of hydrogen-bond acceptors (Lipinski definition) is 6. The maximum atomic E-state index is 13.2. The van der Waals surface area contributed by atoms with E-state index in [-0.39, 0.29) is 35.6 Å². The number of halogens is 2. The smallest absolute Gasteiger partial charge is 0.191 e. The molecular formula is C22H32FIN8O. The zero-order valence-electron chi connectivity index (χ0n) is 18.9. The molecule has 0 aliphatic carbocycles. The molecule has 0 atom stereocenters. The maximum Gasteiger partial charge on any atom is 0.191 e. The Hall–Kier alpha value is -2.43. The number of nitrogens with zero attached hydrogens (tertiary/aromatic N) is 5. The lowest BCUT2D eigenvalue weighted by Crippen LogP contribution is -2.44. The summed E-state index contributed by atoms with van der Waals surface area (Å²) in [5.41, 5.74) is 7.71. The molecule has 1 fully saturated rings. The largest absolute Gasteiger partial charge is 0.382 e. The van der Waals surface area contributed by atoms with Crippen LogP contribution in [0.1, 0.15) is 24.6 Å². The number of rotatable bonds is 9. The van der Waals surface area contributed by atoms with E-state index in [9.17, 15) is 9.65 Å². The van der Waals surface area contributed by atoms with Crippen LogP contribution in [0.15, 0.2) is 29.3 Å². The summed E-state index contributed by atoms with van der Waals surface area (Å²) in [5, 5.41) is 20.6. The molecule has 0 spiro atoms. The molecule has 1 saturated heterocycles. The number of aryl methyl sites for hydroxylation is 1. The van der Waals surface area contributed by atoms with Crippen molar-refractivity contribution in [2.75, 3.05) is 58.2 Å². The predicted molar refractivity (Wildman–Crippen MR) is 138 cm³/mol. The Kier molecular flexibility index (Phi) is 11.4. The zero-order chi connectivity index (χ0) is 22.8. The van der Waals surface area contributed by atoms with E-state index in [1.807, 2.05) is 6.92 Å². The van der Waals surface area contributed by atoms with Gasteiger partial charge >= 0.3 is 0 Å². The number of aromatic nitrogens is 2. The van der Waals surface area contributed by atoms with Gasteiger partial charge in [0.2, 0.25) is 0 Å². The molecule has 2 heterocycles. The molecule has 0 bridgehead atoms. The van der Waals surface area contributed by atoms with Crippen molar-refractivity contribution in [3.05, 3.63) is 41.3 Å². The van der Waals surface area contributed by atoms with Crippen LogP contribution in [-0.2, 0) is 11.2 Å². The fourth-order valence-electron chi connectivity index (χ4n) is 3.49. The lowest BCUT2D eigenvalue weighted by molar-refractivity contribution is 0.0389. The first-order chi connectivity index (χ1) is 15.6. The Morgan fingerprint density at radius 3 is 2.67 bits per heavy atom. The quantitative estimate of drug-likeness (QED) is 0.183. The van der Waals surface area contributed by atoms with Crippen LogP contribution in [0.2, 0.25) is 0 Å². The van der Waals surface area contributed by atoms with Gasteiger partial charge in [0, 0.05) is 39.3 Å². The highest BCUT2D eigenvalue weighted by Gasteiger charge is 2.16. The number of guanidine groups is 1. The van der Waals surface area contributed by atoms with Gasteiger partial charge in [-0.2, -0.15) is 10.4 Å². The van der Waals surface area contributed by atoms with Gasteiger partial charge in [0.1, 0.15) is 23.3 Å². The van der Waals surface area contributed by atoms with Crippen LogP contribution in [0.25, 0.3) is 5.69 Å². The van der Waals surface area contributed by atoms with Crippen LogP contribution in [-0.4, -0.2) is 73.1 Å². The van der Waals surface area contributed by atoms with Gasteiger partial charge in [-0.15, -0.1) is 24.0 Å². The van der Waals surface area contributed by atoms with Crippen molar-refractivity contribution >= 4 is 35.8 Å². The number of nitrogen functional groups attached to an aromatic ring is 1.